The molecule has 0 saturated carbocycles. The number of rotatable bonds is 5. The predicted molar refractivity (Wildman–Crippen MR) is 66.3 cm³/mol. The fourth-order valence-corrected chi connectivity index (χ4v) is 1.26. The Balaban J connectivity index is 2.58. The van der Waals surface area contributed by atoms with Gasteiger partial charge in [0.15, 0.2) is 18.2 Å². The van der Waals surface area contributed by atoms with Gasteiger partial charge in [-0.25, -0.2) is 4.39 Å². The van der Waals surface area contributed by atoms with Gasteiger partial charge in [0.2, 0.25) is 0 Å². The second-order valence-corrected chi connectivity index (χ2v) is 3.75. The smallest absolute Gasteiger partial charge is 0.258 e. The summed E-state index contributed by atoms with van der Waals surface area (Å²) >= 11 is 0. The molecule has 1 aromatic rings. The number of amides is 1. The molecule has 0 spiro atoms. The summed E-state index contributed by atoms with van der Waals surface area (Å²) in [7, 11) is 0. The monoisotopic (exact) mass is 250 g/mol. The van der Waals surface area contributed by atoms with E-state index in [1.54, 1.807) is 13.0 Å². The molecule has 1 amide bonds. The van der Waals surface area contributed by atoms with Gasteiger partial charge in [-0.3, -0.25) is 4.79 Å². The molecule has 1 atom stereocenters. The molecule has 0 radical (unpaired) electrons. The number of benzene rings is 1. The summed E-state index contributed by atoms with van der Waals surface area (Å²) in [6.07, 6.45) is 4.98. The van der Waals surface area contributed by atoms with Gasteiger partial charge >= 0.3 is 0 Å². The summed E-state index contributed by atoms with van der Waals surface area (Å²) in [4.78, 5) is 11.2. The van der Waals surface area contributed by atoms with E-state index in [0.717, 1.165) is 0 Å². The fourth-order valence-electron chi connectivity index (χ4n) is 1.26. The Hall–Kier alpha value is -2.06. The first-order valence-electron chi connectivity index (χ1n) is 5.42. The summed E-state index contributed by atoms with van der Waals surface area (Å²) in [6.45, 7) is 1.59. The van der Waals surface area contributed by atoms with Crippen molar-refractivity contribution < 1.29 is 13.9 Å². The molecule has 5 heteroatoms. The van der Waals surface area contributed by atoms with Crippen LogP contribution in [-0.4, -0.2) is 19.1 Å². The Morgan fingerprint density at radius 2 is 2.39 bits per heavy atom. The topological polar surface area (TPSA) is 64.3 Å². The number of hydrogen-bond acceptors (Lipinski definition) is 3. The second-order valence-electron chi connectivity index (χ2n) is 3.75. The van der Waals surface area contributed by atoms with Crippen LogP contribution >= 0.6 is 0 Å². The third-order valence-corrected chi connectivity index (χ3v) is 2.23. The zero-order valence-electron chi connectivity index (χ0n) is 10.1. The van der Waals surface area contributed by atoms with E-state index in [1.807, 2.05) is 0 Å². The molecule has 0 unspecified atom stereocenters. The molecule has 0 heterocycles. The summed E-state index contributed by atoms with van der Waals surface area (Å²) < 4.78 is 18.6. The minimum Gasteiger partial charge on any atom is -0.481 e. The van der Waals surface area contributed by atoms with Gasteiger partial charge in [0, 0.05) is 6.04 Å². The van der Waals surface area contributed by atoms with Crippen molar-refractivity contribution in [2.45, 2.75) is 13.0 Å². The first-order valence-corrected chi connectivity index (χ1v) is 5.42. The lowest BCUT2D eigenvalue weighted by molar-refractivity contribution is -0.122. The Morgan fingerprint density at radius 1 is 1.67 bits per heavy atom. The molecule has 0 saturated heterocycles. The first kappa shape index (κ1) is 14.0. The van der Waals surface area contributed by atoms with Crippen LogP contribution in [0.25, 0.3) is 0 Å². The van der Waals surface area contributed by atoms with Gasteiger partial charge in [-0.05, 0) is 24.6 Å². The number of nitrogens with one attached hydrogen (secondary N) is 1. The largest absolute Gasteiger partial charge is 0.481 e. The van der Waals surface area contributed by atoms with Crippen LogP contribution in [0.5, 0.6) is 5.75 Å². The van der Waals surface area contributed by atoms with Crippen LogP contribution in [0.1, 0.15) is 18.5 Å². The van der Waals surface area contributed by atoms with Crippen molar-refractivity contribution in [1.29, 1.82) is 0 Å². The number of carbonyl (C=O) groups excluding carboxylic acids is 1. The highest BCUT2D eigenvalue weighted by Gasteiger charge is 2.09. The van der Waals surface area contributed by atoms with E-state index in [0.29, 0.717) is 5.56 Å². The molecule has 4 nitrogen and oxygen atoms in total. The van der Waals surface area contributed by atoms with Gasteiger partial charge in [0.25, 0.3) is 5.91 Å². The minimum atomic E-state index is -0.547. The molecule has 0 aliphatic carbocycles. The van der Waals surface area contributed by atoms with Crippen molar-refractivity contribution in [3.05, 3.63) is 29.6 Å². The molecular formula is C13H15FN2O2. The maximum absolute atomic E-state index is 13.6. The number of carbonyl (C=O) groups is 1. The lowest BCUT2D eigenvalue weighted by atomic mass is 10.1. The number of nitrogens with two attached hydrogens (primary N) is 1. The van der Waals surface area contributed by atoms with Gasteiger partial charge in [-0.15, -0.1) is 6.42 Å². The zero-order chi connectivity index (χ0) is 13.5. The maximum atomic E-state index is 13.6. The van der Waals surface area contributed by atoms with Gasteiger partial charge in [0.05, 0.1) is 6.54 Å². The molecule has 0 aliphatic rings. The SMILES string of the molecule is C#CCNC(=O)COc1ccc([C@@H](C)N)cc1F. The second kappa shape index (κ2) is 6.62. The van der Waals surface area contributed by atoms with Crippen molar-refractivity contribution in [3.63, 3.8) is 0 Å². The number of ether oxygens (including phenoxy) is 1. The molecule has 0 aromatic heterocycles. The fraction of sp³-hybridized carbons (Fsp3) is 0.308. The molecule has 0 bridgehead atoms. The molecule has 18 heavy (non-hydrogen) atoms. The molecule has 96 valence electrons. The third kappa shape index (κ3) is 4.07. The third-order valence-electron chi connectivity index (χ3n) is 2.23. The van der Waals surface area contributed by atoms with E-state index in [-0.39, 0.29) is 24.9 Å². The van der Waals surface area contributed by atoms with E-state index >= 15 is 0 Å². The number of halogens is 1. The van der Waals surface area contributed by atoms with E-state index in [1.165, 1.54) is 12.1 Å². The van der Waals surface area contributed by atoms with Gasteiger partial charge in [-0.1, -0.05) is 12.0 Å². The lowest BCUT2D eigenvalue weighted by Gasteiger charge is -2.10. The Bertz CT molecular complexity index is 467. The summed E-state index contributed by atoms with van der Waals surface area (Å²) in [5, 5.41) is 2.41. The lowest BCUT2D eigenvalue weighted by Crippen LogP contribution is -2.29. The van der Waals surface area contributed by atoms with Crippen molar-refractivity contribution >= 4 is 5.91 Å². The highest BCUT2D eigenvalue weighted by atomic mass is 19.1. The summed E-state index contributed by atoms with van der Waals surface area (Å²) in [6, 6.07) is 4.14. The predicted octanol–water partition coefficient (Wildman–Crippen LogP) is 0.974. The molecule has 3 N–H and O–H groups in total. The summed E-state index contributed by atoms with van der Waals surface area (Å²) in [5.74, 6) is 1.32. The average molecular weight is 250 g/mol. The van der Waals surface area contributed by atoms with Crippen molar-refractivity contribution in [2.75, 3.05) is 13.2 Å². The van der Waals surface area contributed by atoms with Crippen LogP contribution < -0.4 is 15.8 Å². The first-order chi connectivity index (χ1) is 8.54. The average Bonchev–Trinajstić information content (AvgIpc) is 2.34. The van der Waals surface area contributed by atoms with E-state index < -0.39 is 11.7 Å². The van der Waals surface area contributed by atoms with E-state index in [2.05, 4.69) is 11.2 Å². The minimum absolute atomic E-state index is 0.00950. The van der Waals surface area contributed by atoms with Gasteiger partial charge in [0.1, 0.15) is 0 Å². The zero-order valence-corrected chi connectivity index (χ0v) is 10.1. The normalized spacial score (nSPS) is 11.4. The van der Waals surface area contributed by atoms with Crippen LogP contribution in [0, 0.1) is 18.2 Å². The number of terminal acetylenes is 1. The van der Waals surface area contributed by atoms with E-state index in [9.17, 15) is 9.18 Å². The highest BCUT2D eigenvalue weighted by molar-refractivity contribution is 5.77. The van der Waals surface area contributed by atoms with Crippen molar-refractivity contribution in [3.8, 4) is 18.1 Å². The summed E-state index contributed by atoms with van der Waals surface area (Å²) in [5.41, 5.74) is 6.28. The van der Waals surface area contributed by atoms with Crippen LogP contribution in [0.15, 0.2) is 18.2 Å². The standard InChI is InChI=1S/C13H15FN2O2/c1-3-6-16-13(17)8-18-12-5-4-10(9(2)15)7-11(12)14/h1,4-5,7,9H,6,8,15H2,2H3,(H,16,17)/t9-/m1/s1. The highest BCUT2D eigenvalue weighted by Crippen LogP contribution is 2.20. The molecule has 1 rings (SSSR count). The van der Waals surface area contributed by atoms with Crippen molar-refractivity contribution in [1.82, 2.24) is 5.32 Å². The molecule has 0 fully saturated rings. The molecular weight excluding hydrogens is 235 g/mol. The van der Waals surface area contributed by atoms with Gasteiger partial charge < -0.3 is 15.8 Å². The van der Waals surface area contributed by atoms with E-state index in [4.69, 9.17) is 16.9 Å². The Labute approximate surface area is 105 Å². The van der Waals surface area contributed by atoms with Crippen LogP contribution in [0.2, 0.25) is 0 Å². The Morgan fingerprint density at radius 3 is 2.94 bits per heavy atom. The van der Waals surface area contributed by atoms with Gasteiger partial charge in [-0.2, -0.15) is 0 Å². The number of hydrogen-bond donors (Lipinski definition) is 2. The Kier molecular flexibility index (Phi) is 5.15. The molecule has 1 aromatic carbocycles. The molecule has 0 aliphatic heterocycles. The quantitative estimate of drug-likeness (QED) is 0.765. The van der Waals surface area contributed by atoms with Crippen LogP contribution in [-0.2, 0) is 4.79 Å². The van der Waals surface area contributed by atoms with Crippen LogP contribution in [0.3, 0.4) is 0 Å². The maximum Gasteiger partial charge on any atom is 0.258 e. The van der Waals surface area contributed by atoms with Crippen molar-refractivity contribution in [2.24, 2.45) is 5.73 Å². The van der Waals surface area contributed by atoms with Crippen LogP contribution in [0.4, 0.5) is 4.39 Å².